The highest BCUT2D eigenvalue weighted by molar-refractivity contribution is 5.97. The third-order valence-electron chi connectivity index (χ3n) is 5.14. The Balaban J connectivity index is 1.52. The molecule has 1 aliphatic heterocycles. The number of carbonyl (C=O) groups is 1. The van der Waals surface area contributed by atoms with E-state index in [1.165, 1.54) is 4.80 Å². The molecule has 2 aromatic heterocycles. The number of aromatic nitrogens is 4. The van der Waals surface area contributed by atoms with E-state index < -0.39 is 0 Å². The zero-order chi connectivity index (χ0) is 19.5. The molecule has 1 aliphatic rings. The number of aryl methyl sites for hydroxylation is 1. The van der Waals surface area contributed by atoms with Gasteiger partial charge in [-0.2, -0.15) is 15.0 Å². The molecule has 0 bridgehead atoms. The number of amides is 1. The molecule has 7 heteroatoms. The predicted molar refractivity (Wildman–Crippen MR) is 105 cm³/mol. The van der Waals surface area contributed by atoms with Gasteiger partial charge in [-0.05, 0) is 50.5 Å². The Bertz CT molecular complexity index is 971. The van der Waals surface area contributed by atoms with E-state index in [4.69, 9.17) is 4.74 Å². The van der Waals surface area contributed by atoms with Gasteiger partial charge in [0.2, 0.25) is 5.88 Å². The van der Waals surface area contributed by atoms with Crippen molar-refractivity contribution in [2.75, 3.05) is 13.1 Å². The van der Waals surface area contributed by atoms with Crippen LogP contribution in [0.1, 0.15) is 34.3 Å². The first-order valence-electron chi connectivity index (χ1n) is 9.47. The molecular weight excluding hydrogens is 354 g/mol. The molecule has 0 N–H and O–H groups in total. The molecule has 28 heavy (non-hydrogen) atoms. The van der Waals surface area contributed by atoms with Crippen molar-refractivity contribution in [2.24, 2.45) is 0 Å². The van der Waals surface area contributed by atoms with Crippen molar-refractivity contribution < 1.29 is 9.53 Å². The first kappa shape index (κ1) is 18.2. The molecule has 1 atom stereocenters. The minimum absolute atomic E-state index is 0.0323. The number of likely N-dealkylation sites (tertiary alicyclic amines) is 1. The second kappa shape index (κ2) is 7.80. The van der Waals surface area contributed by atoms with E-state index in [1.54, 1.807) is 18.6 Å². The van der Waals surface area contributed by atoms with Crippen LogP contribution in [0, 0.1) is 13.8 Å². The lowest BCUT2D eigenvalue weighted by Crippen LogP contribution is -2.44. The van der Waals surface area contributed by atoms with E-state index in [2.05, 4.69) is 15.2 Å². The summed E-state index contributed by atoms with van der Waals surface area (Å²) >= 11 is 0. The third kappa shape index (κ3) is 3.60. The molecule has 1 unspecified atom stereocenters. The first-order chi connectivity index (χ1) is 13.6. The van der Waals surface area contributed by atoms with Gasteiger partial charge in [-0.1, -0.05) is 12.1 Å². The molecule has 7 nitrogen and oxygen atoms in total. The molecule has 3 aromatic rings. The van der Waals surface area contributed by atoms with Gasteiger partial charge in [-0.3, -0.25) is 4.79 Å². The minimum atomic E-state index is -0.0688. The summed E-state index contributed by atoms with van der Waals surface area (Å²) < 4.78 is 6.15. The topological polar surface area (TPSA) is 73.1 Å². The van der Waals surface area contributed by atoms with Crippen LogP contribution >= 0.6 is 0 Å². The molecule has 1 fully saturated rings. The zero-order valence-corrected chi connectivity index (χ0v) is 16.1. The van der Waals surface area contributed by atoms with Crippen LogP contribution in [0.25, 0.3) is 5.69 Å². The van der Waals surface area contributed by atoms with Gasteiger partial charge in [0.1, 0.15) is 6.10 Å². The van der Waals surface area contributed by atoms with E-state index >= 15 is 0 Å². The number of carbonyl (C=O) groups excluding carboxylic acids is 1. The van der Waals surface area contributed by atoms with E-state index in [9.17, 15) is 4.79 Å². The maximum Gasteiger partial charge on any atom is 0.256 e. The summed E-state index contributed by atoms with van der Waals surface area (Å²) in [6.45, 7) is 5.30. The molecule has 0 saturated carbocycles. The van der Waals surface area contributed by atoms with Crippen LogP contribution < -0.4 is 4.74 Å². The molecular formula is C21H23N5O2. The Morgan fingerprint density at radius 3 is 2.71 bits per heavy atom. The highest BCUT2D eigenvalue weighted by Crippen LogP contribution is 2.23. The maximum atomic E-state index is 13.2. The van der Waals surface area contributed by atoms with Crippen LogP contribution in [0.5, 0.6) is 5.88 Å². The van der Waals surface area contributed by atoms with Gasteiger partial charge in [0.25, 0.3) is 5.91 Å². The zero-order valence-electron chi connectivity index (χ0n) is 16.1. The Kier molecular flexibility index (Phi) is 5.06. The molecule has 1 aromatic carbocycles. The van der Waals surface area contributed by atoms with E-state index in [0.29, 0.717) is 30.2 Å². The number of ether oxygens (including phenoxy) is 1. The van der Waals surface area contributed by atoms with Gasteiger partial charge >= 0.3 is 0 Å². The van der Waals surface area contributed by atoms with Crippen molar-refractivity contribution in [3.05, 3.63) is 65.6 Å². The number of nitrogens with zero attached hydrogens (tertiary/aromatic N) is 5. The molecule has 4 rings (SSSR count). The van der Waals surface area contributed by atoms with Crippen LogP contribution in [0.4, 0.5) is 0 Å². The minimum Gasteiger partial charge on any atom is -0.472 e. The maximum absolute atomic E-state index is 13.2. The van der Waals surface area contributed by atoms with Crippen molar-refractivity contribution in [1.82, 2.24) is 24.9 Å². The quantitative estimate of drug-likeness (QED) is 0.699. The number of rotatable bonds is 4. The standard InChI is InChI=1S/C21H23N5O2/c1-15-9-10-22-20(16(15)2)28-17-6-5-13-25(14-17)21(27)18-7-3-4-8-19(18)26-23-11-12-24-26/h3-4,7-12,17H,5-6,13-14H2,1-2H3. The summed E-state index contributed by atoms with van der Waals surface area (Å²) in [6, 6.07) is 9.38. The monoisotopic (exact) mass is 377 g/mol. The SMILES string of the molecule is Cc1ccnc(OC2CCCN(C(=O)c3ccccc3-n3nccn3)C2)c1C. The fourth-order valence-electron chi connectivity index (χ4n) is 3.44. The van der Waals surface area contributed by atoms with Gasteiger partial charge in [0, 0.05) is 18.3 Å². The fourth-order valence-corrected chi connectivity index (χ4v) is 3.44. The normalized spacial score (nSPS) is 16.8. The molecule has 144 valence electrons. The summed E-state index contributed by atoms with van der Waals surface area (Å²) in [6.07, 6.45) is 6.69. The lowest BCUT2D eigenvalue weighted by Gasteiger charge is -2.33. The highest BCUT2D eigenvalue weighted by Gasteiger charge is 2.28. The van der Waals surface area contributed by atoms with Crippen LogP contribution in [0.3, 0.4) is 0 Å². The molecule has 0 aliphatic carbocycles. The van der Waals surface area contributed by atoms with Gasteiger partial charge in [-0.25, -0.2) is 4.98 Å². The molecule has 0 spiro atoms. The summed E-state index contributed by atoms with van der Waals surface area (Å²) in [5.74, 6) is 0.621. The summed E-state index contributed by atoms with van der Waals surface area (Å²) in [5, 5.41) is 8.33. The number of para-hydroxylation sites is 1. The second-order valence-corrected chi connectivity index (χ2v) is 7.03. The van der Waals surface area contributed by atoms with Crippen LogP contribution in [-0.2, 0) is 0 Å². The van der Waals surface area contributed by atoms with Crippen molar-refractivity contribution >= 4 is 5.91 Å². The van der Waals surface area contributed by atoms with Gasteiger partial charge in [-0.15, -0.1) is 0 Å². The smallest absolute Gasteiger partial charge is 0.256 e. The Labute approximate surface area is 164 Å². The first-order valence-corrected chi connectivity index (χ1v) is 9.47. The Hall–Kier alpha value is -3.22. The van der Waals surface area contributed by atoms with Crippen LogP contribution in [-0.4, -0.2) is 50.0 Å². The fraction of sp³-hybridized carbons (Fsp3) is 0.333. The van der Waals surface area contributed by atoms with E-state index in [1.807, 2.05) is 49.1 Å². The molecule has 3 heterocycles. The van der Waals surface area contributed by atoms with Crippen molar-refractivity contribution in [1.29, 1.82) is 0 Å². The average Bonchev–Trinajstić information content (AvgIpc) is 3.26. The second-order valence-electron chi connectivity index (χ2n) is 7.03. The summed E-state index contributed by atoms with van der Waals surface area (Å²) in [4.78, 5) is 20.9. The predicted octanol–water partition coefficient (Wildman–Crippen LogP) is 2.96. The van der Waals surface area contributed by atoms with Gasteiger partial charge in [0.15, 0.2) is 0 Å². The van der Waals surface area contributed by atoms with Crippen LogP contribution in [0.15, 0.2) is 48.9 Å². The van der Waals surface area contributed by atoms with E-state index in [0.717, 1.165) is 24.0 Å². The van der Waals surface area contributed by atoms with E-state index in [-0.39, 0.29) is 12.0 Å². The summed E-state index contributed by atoms with van der Waals surface area (Å²) in [7, 11) is 0. The van der Waals surface area contributed by atoms with Crippen molar-refractivity contribution in [3.63, 3.8) is 0 Å². The molecule has 1 saturated heterocycles. The number of hydrogen-bond donors (Lipinski definition) is 0. The molecule has 0 radical (unpaired) electrons. The molecule has 1 amide bonds. The number of hydrogen-bond acceptors (Lipinski definition) is 5. The van der Waals surface area contributed by atoms with Gasteiger partial charge in [0.05, 0.1) is 30.2 Å². The average molecular weight is 377 g/mol. The Morgan fingerprint density at radius 2 is 1.89 bits per heavy atom. The summed E-state index contributed by atoms with van der Waals surface area (Å²) in [5.41, 5.74) is 3.45. The van der Waals surface area contributed by atoms with Crippen molar-refractivity contribution in [3.8, 4) is 11.6 Å². The number of piperidine rings is 1. The highest BCUT2D eigenvalue weighted by atomic mass is 16.5. The lowest BCUT2D eigenvalue weighted by molar-refractivity contribution is 0.0525. The largest absolute Gasteiger partial charge is 0.472 e. The third-order valence-corrected chi connectivity index (χ3v) is 5.14. The van der Waals surface area contributed by atoms with Crippen molar-refractivity contribution in [2.45, 2.75) is 32.8 Å². The Morgan fingerprint density at radius 1 is 1.11 bits per heavy atom. The number of pyridine rings is 1. The lowest BCUT2D eigenvalue weighted by atomic mass is 10.1. The number of benzene rings is 1. The van der Waals surface area contributed by atoms with Crippen LogP contribution in [0.2, 0.25) is 0 Å². The van der Waals surface area contributed by atoms with Gasteiger partial charge < -0.3 is 9.64 Å².